The highest BCUT2D eigenvalue weighted by atomic mass is 32.2. The topological polar surface area (TPSA) is 133 Å². The van der Waals surface area contributed by atoms with E-state index in [4.69, 9.17) is 5.14 Å². The van der Waals surface area contributed by atoms with E-state index in [2.05, 4.69) is 20.6 Å². The van der Waals surface area contributed by atoms with E-state index in [9.17, 15) is 13.2 Å². The number of benzene rings is 2. The number of aromatic nitrogens is 4. The molecule has 4 rings (SSSR count). The molecule has 4 aromatic rings. The first kappa shape index (κ1) is 21.8. The van der Waals surface area contributed by atoms with E-state index >= 15 is 0 Å². The Balaban J connectivity index is 1.49. The molecule has 0 atom stereocenters. The number of para-hydroxylation sites is 1. The standard InChI is InChI=1S/C21H20N6O3S2/c1-13-18(12-15-8-10-17(11-9-15)32(22,29)30)31-21(23-13)24-20(28)19-14(2)27(26-25-19)16-6-4-3-5-7-16/h3-11H,12H2,1-2H3,(H2,22,29,30)(H,23,24,28). The molecular weight excluding hydrogens is 448 g/mol. The number of hydrogen-bond acceptors (Lipinski definition) is 7. The van der Waals surface area contributed by atoms with Crippen LogP contribution in [0.2, 0.25) is 0 Å². The Bertz CT molecular complexity index is 1380. The molecule has 2 aromatic heterocycles. The minimum absolute atomic E-state index is 0.0640. The lowest BCUT2D eigenvalue weighted by molar-refractivity contribution is 0.102. The van der Waals surface area contributed by atoms with E-state index < -0.39 is 10.0 Å². The van der Waals surface area contributed by atoms with Gasteiger partial charge in [-0.2, -0.15) is 0 Å². The van der Waals surface area contributed by atoms with Gasteiger partial charge < -0.3 is 0 Å². The molecule has 0 bridgehead atoms. The van der Waals surface area contributed by atoms with Crippen LogP contribution in [0.1, 0.15) is 32.3 Å². The van der Waals surface area contributed by atoms with Crippen LogP contribution in [0.3, 0.4) is 0 Å². The van der Waals surface area contributed by atoms with Gasteiger partial charge in [0, 0.05) is 11.3 Å². The number of rotatable bonds is 6. The van der Waals surface area contributed by atoms with Crippen molar-refractivity contribution in [1.29, 1.82) is 0 Å². The van der Waals surface area contributed by atoms with Crippen molar-refractivity contribution >= 4 is 32.4 Å². The summed E-state index contributed by atoms with van der Waals surface area (Å²) in [5.41, 5.74) is 3.35. The predicted octanol–water partition coefficient (Wildman–Crippen LogP) is 2.83. The van der Waals surface area contributed by atoms with Gasteiger partial charge in [-0.3, -0.25) is 10.1 Å². The van der Waals surface area contributed by atoms with Crippen LogP contribution in [-0.2, 0) is 16.4 Å². The van der Waals surface area contributed by atoms with E-state index in [0.717, 1.165) is 21.8 Å². The van der Waals surface area contributed by atoms with Gasteiger partial charge in [0.1, 0.15) is 0 Å². The maximum Gasteiger partial charge on any atom is 0.279 e. The Morgan fingerprint density at radius 1 is 1.09 bits per heavy atom. The molecule has 0 saturated heterocycles. The first-order chi connectivity index (χ1) is 15.2. The summed E-state index contributed by atoms with van der Waals surface area (Å²) in [7, 11) is -3.73. The molecule has 0 radical (unpaired) electrons. The molecule has 3 N–H and O–H groups in total. The highest BCUT2D eigenvalue weighted by Crippen LogP contribution is 2.26. The van der Waals surface area contributed by atoms with E-state index in [1.54, 1.807) is 23.7 Å². The van der Waals surface area contributed by atoms with Crippen LogP contribution in [0, 0.1) is 13.8 Å². The number of carbonyl (C=O) groups is 1. The zero-order valence-electron chi connectivity index (χ0n) is 17.3. The molecule has 1 amide bonds. The minimum Gasteiger partial charge on any atom is -0.296 e. The smallest absolute Gasteiger partial charge is 0.279 e. The highest BCUT2D eigenvalue weighted by molar-refractivity contribution is 7.89. The van der Waals surface area contributed by atoms with Crippen molar-refractivity contribution in [2.24, 2.45) is 5.14 Å². The molecular formula is C21H20N6O3S2. The summed E-state index contributed by atoms with van der Waals surface area (Å²) in [6.45, 7) is 3.64. The van der Waals surface area contributed by atoms with Gasteiger partial charge in [-0.25, -0.2) is 23.2 Å². The number of aryl methyl sites for hydroxylation is 1. The van der Waals surface area contributed by atoms with E-state index in [1.807, 2.05) is 37.3 Å². The van der Waals surface area contributed by atoms with Gasteiger partial charge in [0.05, 0.1) is 22.0 Å². The quantitative estimate of drug-likeness (QED) is 0.447. The number of anilines is 1. The number of nitrogens with zero attached hydrogens (tertiary/aromatic N) is 4. The molecule has 0 aliphatic carbocycles. The first-order valence-electron chi connectivity index (χ1n) is 9.59. The lowest BCUT2D eigenvalue weighted by atomic mass is 10.1. The Labute approximate surface area is 189 Å². The van der Waals surface area contributed by atoms with Gasteiger partial charge in [-0.15, -0.1) is 16.4 Å². The normalized spacial score (nSPS) is 11.5. The molecule has 0 unspecified atom stereocenters. The Hall–Kier alpha value is -3.41. The summed E-state index contributed by atoms with van der Waals surface area (Å²) >= 11 is 1.36. The Morgan fingerprint density at radius 2 is 1.78 bits per heavy atom. The lowest BCUT2D eigenvalue weighted by Crippen LogP contribution is -2.14. The van der Waals surface area contributed by atoms with Gasteiger partial charge in [0.25, 0.3) is 5.91 Å². The fourth-order valence-electron chi connectivity index (χ4n) is 3.14. The number of primary sulfonamides is 1. The van der Waals surface area contributed by atoms with E-state index in [-0.39, 0.29) is 16.5 Å². The Morgan fingerprint density at radius 3 is 2.44 bits per heavy atom. The van der Waals surface area contributed by atoms with Crippen LogP contribution < -0.4 is 10.5 Å². The SMILES string of the molecule is Cc1nc(NC(=O)c2nnn(-c3ccccc3)c2C)sc1Cc1ccc(S(N)(=O)=O)cc1. The summed E-state index contributed by atoms with van der Waals surface area (Å²) in [5.74, 6) is -0.387. The highest BCUT2D eigenvalue weighted by Gasteiger charge is 2.19. The van der Waals surface area contributed by atoms with Gasteiger partial charge in [-0.05, 0) is 43.7 Å². The number of amides is 1. The van der Waals surface area contributed by atoms with Gasteiger partial charge >= 0.3 is 0 Å². The van der Waals surface area contributed by atoms with Crippen molar-refractivity contribution in [3.8, 4) is 5.69 Å². The van der Waals surface area contributed by atoms with Crippen molar-refractivity contribution in [3.05, 3.63) is 82.1 Å². The van der Waals surface area contributed by atoms with Crippen molar-refractivity contribution in [2.75, 3.05) is 5.32 Å². The largest absolute Gasteiger partial charge is 0.296 e. The fraction of sp³-hybridized carbons (Fsp3) is 0.143. The number of hydrogen-bond donors (Lipinski definition) is 2. The molecule has 2 aromatic carbocycles. The summed E-state index contributed by atoms with van der Waals surface area (Å²) in [6.07, 6.45) is 0.549. The van der Waals surface area contributed by atoms with Crippen molar-refractivity contribution < 1.29 is 13.2 Å². The molecule has 2 heterocycles. The summed E-state index contributed by atoms with van der Waals surface area (Å²) in [6, 6.07) is 15.8. The molecule has 0 aliphatic rings. The van der Waals surface area contributed by atoms with Crippen LogP contribution in [0.5, 0.6) is 0 Å². The van der Waals surface area contributed by atoms with E-state index in [1.165, 1.54) is 23.5 Å². The number of nitrogens with one attached hydrogen (secondary N) is 1. The third kappa shape index (κ3) is 4.59. The summed E-state index contributed by atoms with van der Waals surface area (Å²) in [4.78, 5) is 18.2. The van der Waals surface area contributed by atoms with Crippen LogP contribution in [0.15, 0.2) is 59.5 Å². The van der Waals surface area contributed by atoms with E-state index in [0.29, 0.717) is 17.2 Å². The monoisotopic (exact) mass is 468 g/mol. The first-order valence-corrected chi connectivity index (χ1v) is 12.0. The molecule has 0 fully saturated rings. The van der Waals surface area contributed by atoms with Crippen molar-refractivity contribution in [3.63, 3.8) is 0 Å². The fourth-order valence-corrected chi connectivity index (χ4v) is 4.64. The summed E-state index contributed by atoms with van der Waals surface area (Å²) in [5, 5.41) is 16.5. The van der Waals surface area contributed by atoms with Crippen molar-refractivity contribution in [1.82, 2.24) is 20.0 Å². The average Bonchev–Trinajstić information content (AvgIpc) is 3.30. The minimum atomic E-state index is -3.73. The number of nitrogens with two attached hydrogens (primary N) is 1. The molecule has 11 heteroatoms. The van der Waals surface area contributed by atoms with Gasteiger partial charge in [0.2, 0.25) is 10.0 Å². The second-order valence-corrected chi connectivity index (χ2v) is 9.76. The van der Waals surface area contributed by atoms with Gasteiger partial charge in [-0.1, -0.05) is 35.5 Å². The lowest BCUT2D eigenvalue weighted by Gasteiger charge is -2.03. The molecule has 9 nitrogen and oxygen atoms in total. The number of carbonyl (C=O) groups excluding carboxylic acids is 1. The zero-order valence-corrected chi connectivity index (χ0v) is 18.9. The number of thiazole rings is 1. The van der Waals surface area contributed by atoms with Crippen LogP contribution in [0.4, 0.5) is 5.13 Å². The molecule has 32 heavy (non-hydrogen) atoms. The Kier molecular flexibility index (Phi) is 5.87. The van der Waals surface area contributed by atoms with Gasteiger partial charge in [0.15, 0.2) is 10.8 Å². The van der Waals surface area contributed by atoms with Crippen LogP contribution in [-0.4, -0.2) is 34.3 Å². The van der Waals surface area contributed by atoms with Crippen molar-refractivity contribution in [2.45, 2.75) is 25.2 Å². The molecule has 0 spiro atoms. The molecule has 0 aliphatic heterocycles. The third-order valence-corrected chi connectivity index (χ3v) is 6.84. The second kappa shape index (κ2) is 8.61. The average molecular weight is 469 g/mol. The number of sulfonamides is 1. The van der Waals surface area contributed by atoms with Crippen LogP contribution in [0.25, 0.3) is 5.69 Å². The zero-order chi connectivity index (χ0) is 22.9. The molecule has 164 valence electrons. The third-order valence-electron chi connectivity index (χ3n) is 4.84. The maximum absolute atomic E-state index is 12.8. The predicted molar refractivity (Wildman–Crippen MR) is 122 cm³/mol. The summed E-state index contributed by atoms with van der Waals surface area (Å²) < 4.78 is 24.4. The second-order valence-electron chi connectivity index (χ2n) is 7.12. The van der Waals surface area contributed by atoms with Crippen LogP contribution >= 0.6 is 11.3 Å². The molecule has 0 saturated carbocycles. The maximum atomic E-state index is 12.8.